The van der Waals surface area contributed by atoms with Crippen LogP contribution in [0.15, 0.2) is 54.6 Å². The average molecular weight is 441 g/mol. The molecule has 4 saturated carbocycles. The molecular weight excluding hydrogens is 404 g/mol. The van der Waals surface area contributed by atoms with E-state index in [9.17, 15) is 0 Å². The molecule has 3 aromatic rings. The summed E-state index contributed by atoms with van der Waals surface area (Å²) in [5.74, 6) is 0.884. The Hall–Kier alpha value is -2.46. The van der Waals surface area contributed by atoms with Gasteiger partial charge >= 0.3 is 0 Å². The first-order valence-electron chi connectivity index (χ1n) is 12.6. The second-order valence-corrected chi connectivity index (χ2v) is 12.1. The van der Waals surface area contributed by atoms with Crippen LogP contribution >= 0.6 is 0 Å². The predicted octanol–water partition coefficient (Wildman–Crippen LogP) is 6.14. The van der Waals surface area contributed by atoms with Crippen molar-refractivity contribution in [3.8, 4) is 11.3 Å². The molecule has 4 atom stereocenters. The van der Waals surface area contributed by atoms with Crippen LogP contribution in [0.5, 0.6) is 0 Å². The van der Waals surface area contributed by atoms with E-state index >= 15 is 0 Å². The summed E-state index contributed by atoms with van der Waals surface area (Å²) >= 11 is 0. The lowest BCUT2D eigenvalue weighted by molar-refractivity contribution is -0.118. The summed E-state index contributed by atoms with van der Waals surface area (Å²) in [6.45, 7) is 8.71. The first-order chi connectivity index (χ1) is 15.8. The first-order valence-corrected chi connectivity index (χ1v) is 12.6. The van der Waals surface area contributed by atoms with Crippen LogP contribution in [-0.4, -0.2) is 20.5 Å². The minimum Gasteiger partial charge on any atom is -0.305 e. The standard InChI is InChI=1S/C29H36N4/c1-21-8-7-9-22(12-21)17-33-31-25(26(32-33)24-10-5-4-6-11-24)16-30-29-15-23-13-27(2,19-29)18-28(3,14-23)20-29/h4-12,23,30H,13-20H2,1-3H3/t23?,27-,28+,29?. The fraction of sp³-hybridized carbons (Fsp3) is 0.517. The van der Waals surface area contributed by atoms with E-state index in [1.54, 1.807) is 0 Å². The van der Waals surface area contributed by atoms with Crippen molar-refractivity contribution < 1.29 is 0 Å². The lowest BCUT2D eigenvalue weighted by Crippen LogP contribution is -2.63. The number of hydrogen-bond acceptors (Lipinski definition) is 3. The SMILES string of the molecule is Cc1cccc(Cn2nc(CNC34CC5C[C@@](C)(C3)C[C@](C)(C5)C4)c(-c3ccccc3)n2)c1. The van der Waals surface area contributed by atoms with Crippen molar-refractivity contribution in [2.24, 2.45) is 16.7 Å². The summed E-state index contributed by atoms with van der Waals surface area (Å²) in [5, 5.41) is 14.0. The van der Waals surface area contributed by atoms with Crippen molar-refractivity contribution in [3.63, 3.8) is 0 Å². The van der Waals surface area contributed by atoms with Crippen LogP contribution in [0.4, 0.5) is 0 Å². The van der Waals surface area contributed by atoms with E-state index < -0.39 is 0 Å². The highest BCUT2D eigenvalue weighted by Crippen LogP contribution is 2.66. The number of hydrogen-bond donors (Lipinski definition) is 1. The highest BCUT2D eigenvalue weighted by atomic mass is 15.5. The fourth-order valence-electron chi connectivity index (χ4n) is 8.28. The van der Waals surface area contributed by atoms with E-state index in [2.05, 4.69) is 80.7 Å². The van der Waals surface area contributed by atoms with E-state index in [1.807, 2.05) is 4.80 Å². The second-order valence-electron chi connectivity index (χ2n) is 12.1. The van der Waals surface area contributed by atoms with Crippen LogP contribution in [0.25, 0.3) is 11.3 Å². The van der Waals surface area contributed by atoms with Gasteiger partial charge in [0.1, 0.15) is 11.4 Å². The maximum Gasteiger partial charge on any atom is 0.117 e. The third-order valence-corrected chi connectivity index (χ3v) is 8.44. The van der Waals surface area contributed by atoms with E-state index in [1.165, 1.54) is 49.7 Å². The number of aromatic nitrogens is 3. The monoisotopic (exact) mass is 440 g/mol. The molecule has 1 N–H and O–H groups in total. The van der Waals surface area contributed by atoms with Crippen LogP contribution in [0.3, 0.4) is 0 Å². The van der Waals surface area contributed by atoms with Crippen LogP contribution in [0.1, 0.15) is 69.2 Å². The van der Waals surface area contributed by atoms with E-state index in [0.717, 1.165) is 29.4 Å². The van der Waals surface area contributed by atoms with Gasteiger partial charge in [0, 0.05) is 17.6 Å². The zero-order valence-corrected chi connectivity index (χ0v) is 20.3. The molecule has 0 radical (unpaired) electrons. The number of nitrogens with one attached hydrogen (secondary N) is 1. The highest BCUT2D eigenvalue weighted by Gasteiger charge is 2.59. The molecule has 0 saturated heterocycles. The zero-order chi connectivity index (χ0) is 22.7. The topological polar surface area (TPSA) is 42.7 Å². The molecule has 4 aliphatic carbocycles. The Morgan fingerprint density at radius 2 is 1.67 bits per heavy atom. The number of aryl methyl sites for hydroxylation is 1. The molecule has 0 amide bonds. The quantitative estimate of drug-likeness (QED) is 0.501. The van der Waals surface area contributed by atoms with E-state index in [-0.39, 0.29) is 5.54 Å². The van der Waals surface area contributed by atoms with Gasteiger partial charge in [-0.1, -0.05) is 74.0 Å². The van der Waals surface area contributed by atoms with Gasteiger partial charge in [0.25, 0.3) is 0 Å². The predicted molar refractivity (Wildman–Crippen MR) is 133 cm³/mol. The van der Waals surface area contributed by atoms with Gasteiger partial charge < -0.3 is 5.32 Å². The molecule has 4 heteroatoms. The van der Waals surface area contributed by atoms with Gasteiger partial charge in [-0.15, -0.1) is 0 Å². The third kappa shape index (κ3) is 4.03. The van der Waals surface area contributed by atoms with Crippen LogP contribution < -0.4 is 5.32 Å². The molecule has 4 aliphatic rings. The van der Waals surface area contributed by atoms with Gasteiger partial charge in [0.2, 0.25) is 0 Å². The number of nitrogens with zero attached hydrogens (tertiary/aromatic N) is 3. The molecule has 1 heterocycles. The molecule has 2 unspecified atom stereocenters. The molecule has 4 fully saturated rings. The Balaban J connectivity index is 1.29. The van der Waals surface area contributed by atoms with Crippen LogP contribution in [0, 0.1) is 23.7 Å². The van der Waals surface area contributed by atoms with Gasteiger partial charge in [-0.05, 0) is 67.8 Å². The summed E-state index contributed by atoms with van der Waals surface area (Å²) in [6.07, 6.45) is 8.20. The smallest absolute Gasteiger partial charge is 0.117 e. The van der Waals surface area contributed by atoms with Crippen LogP contribution in [0.2, 0.25) is 0 Å². The zero-order valence-electron chi connectivity index (χ0n) is 20.3. The van der Waals surface area contributed by atoms with Crippen molar-refractivity contribution in [3.05, 3.63) is 71.4 Å². The molecule has 7 rings (SSSR count). The Morgan fingerprint density at radius 3 is 2.36 bits per heavy atom. The molecule has 172 valence electrons. The molecule has 33 heavy (non-hydrogen) atoms. The Bertz CT molecular complexity index is 1150. The number of rotatable bonds is 6. The van der Waals surface area contributed by atoms with Gasteiger partial charge in [-0.3, -0.25) is 0 Å². The van der Waals surface area contributed by atoms with E-state index in [0.29, 0.717) is 17.4 Å². The van der Waals surface area contributed by atoms with Gasteiger partial charge in [-0.2, -0.15) is 15.0 Å². The molecule has 2 aromatic carbocycles. The van der Waals surface area contributed by atoms with Crippen molar-refractivity contribution in [2.45, 2.75) is 77.9 Å². The van der Waals surface area contributed by atoms with Crippen molar-refractivity contribution in [1.82, 2.24) is 20.3 Å². The summed E-state index contributed by atoms with van der Waals surface area (Å²) in [7, 11) is 0. The average Bonchev–Trinajstić information content (AvgIpc) is 3.13. The Labute approximate surface area is 197 Å². The lowest BCUT2D eigenvalue weighted by Gasteiger charge is -2.65. The summed E-state index contributed by atoms with van der Waals surface area (Å²) in [4.78, 5) is 1.89. The van der Waals surface area contributed by atoms with Crippen molar-refractivity contribution in [1.29, 1.82) is 0 Å². The Kier molecular flexibility index (Phi) is 4.81. The summed E-state index contributed by atoms with van der Waals surface area (Å²) < 4.78 is 0. The largest absolute Gasteiger partial charge is 0.305 e. The normalized spacial score (nSPS) is 32.4. The first kappa shape index (κ1) is 21.1. The highest BCUT2D eigenvalue weighted by molar-refractivity contribution is 5.61. The van der Waals surface area contributed by atoms with Crippen LogP contribution in [-0.2, 0) is 13.1 Å². The second kappa shape index (κ2) is 7.53. The molecule has 0 spiro atoms. The Morgan fingerprint density at radius 1 is 0.909 bits per heavy atom. The third-order valence-electron chi connectivity index (χ3n) is 8.44. The van der Waals surface area contributed by atoms with E-state index in [4.69, 9.17) is 10.2 Å². The molecule has 1 aromatic heterocycles. The summed E-state index contributed by atoms with van der Waals surface area (Å²) in [6, 6.07) is 19.2. The van der Waals surface area contributed by atoms with Crippen molar-refractivity contribution in [2.75, 3.05) is 0 Å². The minimum atomic E-state index is 0.261. The molecule has 4 bridgehead atoms. The fourth-order valence-corrected chi connectivity index (χ4v) is 8.28. The maximum absolute atomic E-state index is 5.01. The molecule has 0 aliphatic heterocycles. The molecular formula is C29H36N4. The summed E-state index contributed by atoms with van der Waals surface area (Å²) in [5.41, 5.74) is 7.02. The minimum absolute atomic E-state index is 0.261. The van der Waals surface area contributed by atoms with Crippen molar-refractivity contribution >= 4 is 0 Å². The van der Waals surface area contributed by atoms with Gasteiger partial charge in [-0.25, -0.2) is 0 Å². The van der Waals surface area contributed by atoms with Gasteiger partial charge in [0.15, 0.2) is 0 Å². The van der Waals surface area contributed by atoms with Gasteiger partial charge in [0.05, 0.1) is 6.54 Å². The number of benzene rings is 2. The molecule has 4 nitrogen and oxygen atoms in total. The lowest BCUT2D eigenvalue weighted by atomic mass is 9.43. The maximum atomic E-state index is 5.01.